The average Bonchev–Trinajstić information content (AvgIpc) is 3.46. The molecule has 0 saturated heterocycles. The molecule has 9 heteroatoms. The van der Waals surface area contributed by atoms with E-state index in [4.69, 9.17) is 4.74 Å². The van der Waals surface area contributed by atoms with Crippen LogP contribution < -0.4 is 9.46 Å². The summed E-state index contributed by atoms with van der Waals surface area (Å²) in [6, 6.07) is 4.33. The lowest BCUT2D eigenvalue weighted by atomic mass is 10.2. The van der Waals surface area contributed by atoms with Gasteiger partial charge in [0.15, 0.2) is 0 Å². The van der Waals surface area contributed by atoms with Crippen LogP contribution in [0.3, 0.4) is 0 Å². The van der Waals surface area contributed by atoms with E-state index in [0.29, 0.717) is 11.7 Å². The fraction of sp³-hybridized carbons (Fsp3) is 0.647. The third kappa shape index (κ3) is 3.99. The molecule has 0 aliphatic heterocycles. The van der Waals surface area contributed by atoms with E-state index in [1.807, 2.05) is 6.92 Å². The second-order valence-electron chi connectivity index (χ2n) is 7.01. The van der Waals surface area contributed by atoms with E-state index in [0.717, 1.165) is 25.7 Å². The van der Waals surface area contributed by atoms with Crippen molar-refractivity contribution in [1.82, 2.24) is 4.31 Å². The Hall–Kier alpha value is -1.32. The van der Waals surface area contributed by atoms with E-state index in [-0.39, 0.29) is 28.4 Å². The van der Waals surface area contributed by atoms with Crippen LogP contribution in [0.4, 0.5) is 5.69 Å². The lowest BCUT2D eigenvalue weighted by Gasteiger charge is -2.29. The minimum Gasteiger partial charge on any atom is -0.497 e. The molecule has 3 rings (SSSR count). The molecule has 2 aliphatic carbocycles. The van der Waals surface area contributed by atoms with Crippen molar-refractivity contribution in [3.63, 3.8) is 0 Å². The average molecular weight is 403 g/mol. The third-order valence-corrected chi connectivity index (χ3v) is 8.39. The summed E-state index contributed by atoms with van der Waals surface area (Å²) in [6.45, 7) is 3.45. The first kappa shape index (κ1) is 19.4. The molecule has 1 aromatic rings. The molecule has 0 amide bonds. The van der Waals surface area contributed by atoms with Crippen LogP contribution in [0.5, 0.6) is 5.75 Å². The number of hydrogen-bond donors (Lipinski definition) is 1. The number of ether oxygens (including phenoxy) is 1. The van der Waals surface area contributed by atoms with E-state index in [1.54, 1.807) is 10.4 Å². The van der Waals surface area contributed by atoms with Crippen LogP contribution in [0, 0.1) is 5.92 Å². The van der Waals surface area contributed by atoms with Crippen LogP contribution in [0.15, 0.2) is 23.1 Å². The molecule has 2 aliphatic rings. The van der Waals surface area contributed by atoms with Crippen LogP contribution in [0.25, 0.3) is 0 Å². The Balaban J connectivity index is 2.05. The first-order chi connectivity index (χ1) is 12.2. The third-order valence-electron chi connectivity index (χ3n) is 5.00. The summed E-state index contributed by atoms with van der Waals surface area (Å²) < 4.78 is 60.1. The highest BCUT2D eigenvalue weighted by Crippen LogP contribution is 2.43. The van der Waals surface area contributed by atoms with Crippen molar-refractivity contribution in [2.45, 2.75) is 56.5 Å². The zero-order valence-corrected chi connectivity index (χ0v) is 16.9. The van der Waals surface area contributed by atoms with Gasteiger partial charge < -0.3 is 4.74 Å². The van der Waals surface area contributed by atoms with Gasteiger partial charge in [0.25, 0.3) is 0 Å². The maximum Gasteiger partial charge on any atom is 0.245 e. The molecular weight excluding hydrogens is 376 g/mol. The van der Waals surface area contributed by atoms with Crippen molar-refractivity contribution in [3.05, 3.63) is 18.2 Å². The molecule has 2 fully saturated rings. The fourth-order valence-corrected chi connectivity index (χ4v) is 5.94. The maximum atomic E-state index is 13.4. The molecule has 0 radical (unpaired) electrons. The number of benzene rings is 1. The highest BCUT2D eigenvalue weighted by molar-refractivity contribution is 7.93. The molecular formula is C17H26N2O5S2. The van der Waals surface area contributed by atoms with Crippen LogP contribution in [-0.4, -0.2) is 46.1 Å². The van der Waals surface area contributed by atoms with Gasteiger partial charge in [-0.3, -0.25) is 4.72 Å². The number of rotatable bonds is 9. The Morgan fingerprint density at radius 1 is 1.19 bits per heavy atom. The summed E-state index contributed by atoms with van der Waals surface area (Å²) >= 11 is 0. The highest BCUT2D eigenvalue weighted by Gasteiger charge is 2.46. The largest absolute Gasteiger partial charge is 0.497 e. The predicted molar refractivity (Wildman–Crippen MR) is 100 cm³/mol. The quantitative estimate of drug-likeness (QED) is 0.685. The van der Waals surface area contributed by atoms with Gasteiger partial charge in [-0.2, -0.15) is 4.31 Å². The van der Waals surface area contributed by atoms with E-state index < -0.39 is 20.0 Å². The molecule has 146 valence electrons. The van der Waals surface area contributed by atoms with Crippen LogP contribution >= 0.6 is 0 Å². The standard InChI is InChI=1S/C17H26N2O5S2/c1-4-25(20,21)18-16-11-15(24-3)9-10-17(16)26(22,23)19(14-7-8-14)12(2)13-5-6-13/h9-14,18H,4-8H2,1-3H3/t12-/m1/s1. The molecule has 1 atom stereocenters. The molecule has 0 unspecified atom stereocenters. The number of methoxy groups -OCH3 is 1. The van der Waals surface area contributed by atoms with Gasteiger partial charge in [-0.15, -0.1) is 0 Å². The van der Waals surface area contributed by atoms with Crippen LogP contribution in [0.2, 0.25) is 0 Å². The van der Waals surface area contributed by atoms with Gasteiger partial charge in [-0.1, -0.05) is 0 Å². The summed E-state index contributed by atoms with van der Waals surface area (Å²) in [6.07, 6.45) is 3.78. The Bertz CT molecular complexity index is 874. The zero-order chi connectivity index (χ0) is 19.1. The first-order valence-corrected chi connectivity index (χ1v) is 12.0. The van der Waals surface area contributed by atoms with Crippen molar-refractivity contribution >= 4 is 25.7 Å². The van der Waals surface area contributed by atoms with Crippen molar-refractivity contribution in [1.29, 1.82) is 0 Å². The maximum absolute atomic E-state index is 13.4. The van der Waals surface area contributed by atoms with Gasteiger partial charge >= 0.3 is 0 Å². The second-order valence-corrected chi connectivity index (χ2v) is 10.8. The molecule has 0 aromatic heterocycles. The molecule has 0 bridgehead atoms. The molecule has 1 aromatic carbocycles. The molecule has 0 spiro atoms. The second kappa shape index (κ2) is 7.01. The van der Waals surface area contributed by atoms with Gasteiger partial charge in [0.2, 0.25) is 20.0 Å². The van der Waals surface area contributed by atoms with Gasteiger partial charge in [-0.25, -0.2) is 16.8 Å². The number of nitrogens with zero attached hydrogens (tertiary/aromatic N) is 1. The first-order valence-electron chi connectivity index (χ1n) is 8.91. The van der Waals surface area contributed by atoms with Crippen molar-refractivity contribution < 1.29 is 21.6 Å². The van der Waals surface area contributed by atoms with Crippen LogP contribution in [-0.2, 0) is 20.0 Å². The zero-order valence-electron chi connectivity index (χ0n) is 15.3. The lowest BCUT2D eigenvalue weighted by Crippen LogP contribution is -2.41. The van der Waals surface area contributed by atoms with Crippen LogP contribution in [0.1, 0.15) is 39.5 Å². The van der Waals surface area contributed by atoms with E-state index in [1.165, 1.54) is 26.2 Å². The minimum absolute atomic E-state index is 0.00772. The number of sulfonamides is 2. The number of nitrogens with one attached hydrogen (secondary N) is 1. The molecule has 26 heavy (non-hydrogen) atoms. The van der Waals surface area contributed by atoms with E-state index in [2.05, 4.69) is 4.72 Å². The Labute approximate surface area is 155 Å². The van der Waals surface area contributed by atoms with Gasteiger partial charge in [0.05, 0.1) is 18.6 Å². The van der Waals surface area contributed by atoms with Crippen molar-refractivity contribution in [2.75, 3.05) is 17.6 Å². The fourth-order valence-electron chi connectivity index (χ4n) is 3.16. The summed E-state index contributed by atoms with van der Waals surface area (Å²) in [7, 11) is -6.00. The Morgan fingerprint density at radius 2 is 1.85 bits per heavy atom. The van der Waals surface area contributed by atoms with Gasteiger partial charge in [0.1, 0.15) is 10.6 Å². The van der Waals surface area contributed by atoms with Gasteiger partial charge in [0, 0.05) is 18.2 Å². The van der Waals surface area contributed by atoms with Crippen molar-refractivity contribution in [3.8, 4) is 5.75 Å². The molecule has 0 heterocycles. The normalized spacial score (nSPS) is 19.4. The topological polar surface area (TPSA) is 92.8 Å². The van der Waals surface area contributed by atoms with E-state index in [9.17, 15) is 16.8 Å². The molecule has 7 nitrogen and oxygen atoms in total. The number of anilines is 1. The summed E-state index contributed by atoms with van der Waals surface area (Å²) in [4.78, 5) is -0.0188. The molecule has 1 N–H and O–H groups in total. The Morgan fingerprint density at radius 3 is 2.35 bits per heavy atom. The van der Waals surface area contributed by atoms with Gasteiger partial charge in [-0.05, 0) is 57.6 Å². The predicted octanol–water partition coefficient (Wildman–Crippen LogP) is 2.41. The smallest absolute Gasteiger partial charge is 0.245 e. The number of hydrogen-bond acceptors (Lipinski definition) is 5. The molecule has 2 saturated carbocycles. The lowest BCUT2D eigenvalue weighted by molar-refractivity contribution is 0.301. The summed E-state index contributed by atoms with van der Waals surface area (Å²) in [5.74, 6) is 0.638. The highest BCUT2D eigenvalue weighted by atomic mass is 32.2. The van der Waals surface area contributed by atoms with Crippen molar-refractivity contribution in [2.24, 2.45) is 5.92 Å². The summed E-state index contributed by atoms with van der Waals surface area (Å²) in [5, 5.41) is 0. The summed E-state index contributed by atoms with van der Waals surface area (Å²) in [5.41, 5.74) is 0.0415. The van der Waals surface area contributed by atoms with E-state index >= 15 is 0 Å². The monoisotopic (exact) mass is 402 g/mol. The Kier molecular flexibility index (Phi) is 5.24. The minimum atomic E-state index is -3.83. The SMILES string of the molecule is CCS(=O)(=O)Nc1cc(OC)ccc1S(=O)(=O)N(C1CC1)[C@H](C)C1CC1.